The minimum absolute atomic E-state index is 0.000139. The number of carbonyl (C=O) groups excluding carboxylic acids is 3. The number of methoxy groups -OCH3 is 10. The number of aromatic amines is 1. The van der Waals surface area contributed by atoms with Crippen molar-refractivity contribution in [3.63, 3.8) is 0 Å². The number of carbonyl (C=O) groups is 3. The lowest BCUT2D eigenvalue weighted by molar-refractivity contribution is -0.167. The van der Waals surface area contributed by atoms with Crippen LogP contribution in [0.5, 0.6) is 58.8 Å². The molecule has 9 aromatic heterocycles. The number of nitrogens with one attached hydrogen (secondary N) is 1. The Bertz CT molecular complexity index is 4490. The monoisotopic (exact) mass is 1910 g/mol. The molecule has 1 amide bonds. The number of ether oxygens (including phenoxy) is 11. The Morgan fingerprint density at radius 2 is 0.770 bits per heavy atom. The number of nitrogens with two attached hydrogens (primary N) is 2. The van der Waals surface area contributed by atoms with Crippen LogP contribution in [0, 0.1) is 0 Å². The molecule has 0 unspecified atom stereocenters. The van der Waals surface area contributed by atoms with E-state index in [2.05, 4.69) is 124 Å². The molecule has 0 atom stereocenters. The van der Waals surface area contributed by atoms with Gasteiger partial charge in [-0.05, 0) is 40.6 Å². The van der Waals surface area contributed by atoms with Gasteiger partial charge in [-0.25, -0.2) is 24.7 Å². The van der Waals surface area contributed by atoms with Gasteiger partial charge in [-0.15, -0.1) is 34.0 Å². The Labute approximate surface area is 688 Å². The van der Waals surface area contributed by atoms with Gasteiger partial charge in [-0.1, -0.05) is 39.7 Å². The number of alkyl halides is 13. The van der Waals surface area contributed by atoms with E-state index in [0.717, 1.165) is 56.2 Å². The molecule has 59 heteroatoms. The molecule has 0 aliphatic rings. The topological polar surface area (TPSA) is 435 Å². The van der Waals surface area contributed by atoms with Crippen molar-refractivity contribution < 1.29 is 124 Å². The number of aromatic nitrogens is 15. The van der Waals surface area contributed by atoms with E-state index in [1.165, 1.54) is 95.4 Å². The Morgan fingerprint density at radius 1 is 0.487 bits per heavy atom. The summed E-state index contributed by atoms with van der Waals surface area (Å²) in [5, 5.41) is -1.10. The number of halogens is 20. The van der Waals surface area contributed by atoms with E-state index in [0.29, 0.717) is 11.8 Å². The quantitative estimate of drug-likeness (QED) is 0.0137. The van der Waals surface area contributed by atoms with Gasteiger partial charge in [-0.2, -0.15) is 137 Å². The summed E-state index contributed by atoms with van der Waals surface area (Å²) in [6.45, 7) is 1.97. The van der Waals surface area contributed by atoms with Gasteiger partial charge in [0.15, 0.2) is 55.4 Å². The minimum Gasteiger partial charge on any atom is -0.481 e. The summed E-state index contributed by atoms with van der Waals surface area (Å²) in [4.78, 5) is 97.1. The largest absolute Gasteiger partial charge is 0.481 e. The average molecular weight is 1920 g/mol. The smallest absolute Gasteiger partial charge is 0.450 e. The molecule has 0 fully saturated rings. The third-order valence-electron chi connectivity index (χ3n) is 10.5. The molecule has 620 valence electrons. The highest BCUT2D eigenvalue weighted by Crippen LogP contribution is 2.61. The number of H-pyrrole nitrogens is 1. The molecule has 113 heavy (non-hydrogen) atoms. The first kappa shape index (κ1) is 103. The van der Waals surface area contributed by atoms with Crippen LogP contribution >= 0.6 is 147 Å². The number of amides is 1. The number of nitrogens with zero attached hydrogens (tertiary/aromatic N) is 14. The number of hydrogen-bond donors (Lipinski definition) is 3. The molecule has 33 nitrogen and oxygen atoms in total. The highest BCUT2D eigenvalue weighted by molar-refractivity contribution is 9.09. The maximum absolute atomic E-state index is 12.5. The first-order valence-electron chi connectivity index (χ1n) is 28.3. The number of esters is 1. The molecule has 0 radical (unpaired) electrons. The van der Waals surface area contributed by atoms with Crippen molar-refractivity contribution in [2.45, 2.75) is 31.6 Å². The molecule has 0 bridgehead atoms. The molecular formula is C54H51BBrCl7F12N17O16PS4. The van der Waals surface area contributed by atoms with Crippen molar-refractivity contribution in [1.29, 1.82) is 0 Å². The summed E-state index contributed by atoms with van der Waals surface area (Å²) in [6.07, 6.45) is -18.2. The van der Waals surface area contributed by atoms with E-state index < -0.39 is 80.5 Å². The molecule has 0 aromatic carbocycles. The van der Waals surface area contributed by atoms with E-state index >= 15 is 0 Å². The van der Waals surface area contributed by atoms with Gasteiger partial charge in [0.2, 0.25) is 76.2 Å². The Kier molecular flexibility index (Phi) is 44.9. The van der Waals surface area contributed by atoms with Gasteiger partial charge in [0, 0.05) is 22.2 Å². The maximum atomic E-state index is 12.5. The lowest BCUT2D eigenvalue weighted by atomic mass is 10.4. The molecule has 9 rings (SSSR count). The zero-order chi connectivity index (χ0) is 86.5. The van der Waals surface area contributed by atoms with Crippen LogP contribution in [0.2, 0.25) is 5.15 Å². The summed E-state index contributed by atoms with van der Waals surface area (Å²) in [7, 11) is 14.1. The molecule has 0 saturated heterocycles. The average Bonchev–Trinajstić information content (AvgIpc) is 1.69. The normalized spacial score (nSPS) is 10.6. The summed E-state index contributed by atoms with van der Waals surface area (Å²) in [6, 6.07) is 8.32. The van der Waals surface area contributed by atoms with Crippen LogP contribution in [0.15, 0.2) is 57.3 Å². The van der Waals surface area contributed by atoms with Crippen LogP contribution in [0.4, 0.5) is 52.7 Å². The predicted molar refractivity (Wildman–Crippen MR) is 398 cm³/mol. The molecule has 9 heterocycles. The van der Waals surface area contributed by atoms with Crippen LogP contribution in [-0.4, -0.2) is 192 Å². The van der Waals surface area contributed by atoms with Crippen LogP contribution in [-0.2, 0) is 32.6 Å². The second kappa shape index (κ2) is 49.4. The third kappa shape index (κ3) is 40.0. The highest BCUT2D eigenvalue weighted by Gasteiger charge is 2.38. The van der Waals surface area contributed by atoms with Gasteiger partial charge in [0.1, 0.15) is 10.1 Å². The van der Waals surface area contributed by atoms with Crippen molar-refractivity contribution in [3.05, 3.63) is 103 Å². The van der Waals surface area contributed by atoms with Crippen LogP contribution in [0.3, 0.4) is 0 Å². The Morgan fingerprint density at radius 3 is 1.04 bits per heavy atom. The number of thiazole rings is 3. The third-order valence-corrected chi connectivity index (χ3v) is 13.9. The van der Waals surface area contributed by atoms with Crippen molar-refractivity contribution in [2.75, 3.05) is 83.0 Å². The molecule has 0 spiro atoms. The van der Waals surface area contributed by atoms with E-state index in [-0.39, 0.29) is 114 Å². The molecule has 9 aromatic rings. The lowest BCUT2D eigenvalue weighted by Gasteiger charge is -2.05. The fourth-order valence-electron chi connectivity index (χ4n) is 5.90. The predicted octanol–water partition coefficient (Wildman–Crippen LogP) is 14.2. The SMILES string of the molecule is CCOC(=O)c1nc(OC)cc(OC)n1.COc1cc(=O)[nH]c(-c2nc(C(F)(F)F)cs2)n1.COc1cc(Cl)nc(-c2nc(C(F)(F)F)cs2)n1.COc1cc(OC)nc(-c2nc(C(F)(F)F)cs2)n1.COc1cc(OC)nc(C(N)=O)n1.COc1cc(OC)nc(C(N)=S)n1.ClB(Cl)Cl.O=C(CBr)C(F)(F)F.O=P(Cl)(Cl)Cl. The second-order valence-electron chi connectivity index (χ2n) is 18.1. The molecule has 0 saturated carbocycles. The first-order chi connectivity index (χ1) is 52.5. The Balaban J connectivity index is 0.000000654. The lowest BCUT2D eigenvalue weighted by Crippen LogP contribution is -2.23. The molecular weight excluding hydrogens is 1870 g/mol. The number of hydrogen-bond acceptors (Lipinski definition) is 34. The Hall–Kier alpha value is -8.37. The minimum atomic E-state index is -4.68. The van der Waals surface area contributed by atoms with E-state index in [9.17, 15) is 76.4 Å². The summed E-state index contributed by atoms with van der Waals surface area (Å²) < 4.78 is 208. The van der Waals surface area contributed by atoms with Crippen molar-refractivity contribution in [2.24, 2.45) is 11.5 Å². The fourth-order valence-corrected chi connectivity index (χ4v) is 8.76. The number of rotatable bonds is 18. The first-order valence-corrected chi connectivity index (χ1v) is 38.5. The van der Waals surface area contributed by atoms with E-state index in [4.69, 9.17) is 122 Å². The van der Waals surface area contributed by atoms with E-state index in [1.807, 2.05) is 0 Å². The van der Waals surface area contributed by atoms with Gasteiger partial charge in [0.05, 0.1) is 113 Å². The standard InChI is InChI=1S/C10H8F3N3O2S.C9H5ClF3N3OS.C9H6F3N3O2S.C9H12N2O4.C7H9N3O3.C7H9N3O2S.C3H2BrF3O.BCl3.Cl3OP/c1-17-6-3-7(18-2)16-8(15-6)9-14-5(4-19-9)10(11,12)13;1-17-6-2-5(10)15-7(16-6)8-14-4(3-18-8)9(11,12)13;1-17-6-2-5(16)14-7(15-6)8-13-4(3-18-8)9(10,11)12;1-4-15-9(12)8-10-6(13-2)5-7(11-8)14-3;1-12-4-3-5(13-2)10-7(9-4)6(8)11;1-11-4-3-5(12-2)10-7(9-4)6(8)13;4-1-2(8)3(5,6)7;2-1(3)4;1-5(2,3)4/h3-4H,1-2H3;2-3H,1H3;2-3H,1H3,(H,14,15,16);5H,4H2,1-3H3;3H,1-2H3,(H2,8,11);3H,1-2H3,(H2,8,13);1H2;;. The number of thiocarbonyl (C=S) groups is 1. The van der Waals surface area contributed by atoms with E-state index in [1.54, 1.807) is 13.0 Å². The fraction of sp³-hybridized carbons (Fsp3) is 0.315. The number of primary amides is 1. The summed E-state index contributed by atoms with van der Waals surface area (Å²) in [5.41, 5.74) is 6.84. The van der Waals surface area contributed by atoms with Crippen LogP contribution in [0.1, 0.15) is 51.1 Å². The molecule has 5 N–H and O–H groups in total. The van der Waals surface area contributed by atoms with Crippen LogP contribution < -0.4 is 64.4 Å². The summed E-state index contributed by atoms with van der Waals surface area (Å²) in [5.74, 6) is -0.806. The van der Waals surface area contributed by atoms with Gasteiger partial charge in [-0.3, -0.25) is 18.9 Å². The molecule has 0 aliphatic heterocycles. The number of ketones is 1. The van der Waals surface area contributed by atoms with Gasteiger partial charge >= 0.3 is 40.8 Å². The van der Waals surface area contributed by atoms with Crippen molar-refractivity contribution in [1.82, 2.24) is 74.8 Å². The van der Waals surface area contributed by atoms with Crippen LogP contribution in [0.25, 0.3) is 32.5 Å². The second-order valence-corrected chi connectivity index (χ2v) is 30.6. The van der Waals surface area contributed by atoms with Gasteiger partial charge in [0.25, 0.3) is 11.5 Å². The van der Waals surface area contributed by atoms with Crippen molar-refractivity contribution in [3.8, 4) is 91.3 Å². The summed E-state index contributed by atoms with van der Waals surface area (Å²) >= 11 is 43.4. The number of Topliss-reactive ketones (excluding diaryl/α,β-unsaturated/α-hetero) is 1. The van der Waals surface area contributed by atoms with Gasteiger partial charge < -0.3 is 68.6 Å². The zero-order valence-electron chi connectivity index (χ0n) is 58.3. The zero-order valence-corrected chi connectivity index (χ0v) is 69.3. The highest BCUT2D eigenvalue weighted by atomic mass is 79.9. The molecule has 0 aliphatic carbocycles. The van der Waals surface area contributed by atoms with Crippen molar-refractivity contribution >= 4 is 175 Å². The maximum Gasteiger partial charge on any atom is 0.450 e.